The zero-order valence-electron chi connectivity index (χ0n) is 20.8. The molecule has 3 heterocycles. The molecule has 36 heavy (non-hydrogen) atoms. The number of hydrogen-bond donors (Lipinski definition) is 4. The van der Waals surface area contributed by atoms with Gasteiger partial charge in [-0.05, 0) is 56.4 Å². The van der Waals surface area contributed by atoms with E-state index in [0.29, 0.717) is 42.7 Å². The van der Waals surface area contributed by atoms with E-state index in [-0.39, 0.29) is 11.8 Å². The smallest absolute Gasteiger partial charge is 0.251 e. The van der Waals surface area contributed by atoms with E-state index in [1.165, 1.54) is 19.3 Å². The number of anilines is 3. The lowest BCUT2D eigenvalue weighted by Crippen LogP contribution is -2.30. The summed E-state index contributed by atoms with van der Waals surface area (Å²) in [6.07, 6.45) is 10.0. The monoisotopic (exact) mass is 490 g/mol. The minimum absolute atomic E-state index is 0.120. The first-order chi connectivity index (χ1) is 17.6. The first-order valence-electron chi connectivity index (χ1n) is 13.0. The number of carbonyl (C=O) groups is 2. The Bertz CT molecular complexity index is 1230. The highest BCUT2D eigenvalue weighted by Crippen LogP contribution is 2.27. The molecule has 10 nitrogen and oxygen atoms in total. The molecule has 0 radical (unpaired) electrons. The molecule has 1 aromatic carbocycles. The molecule has 2 aliphatic rings. The summed E-state index contributed by atoms with van der Waals surface area (Å²) >= 11 is 0. The lowest BCUT2D eigenvalue weighted by atomic mass is 9.95. The molecular formula is C26H34N8O2. The van der Waals surface area contributed by atoms with Crippen molar-refractivity contribution in [3.05, 3.63) is 35.7 Å². The van der Waals surface area contributed by atoms with Crippen LogP contribution in [0, 0.1) is 6.92 Å². The fourth-order valence-electron chi connectivity index (χ4n) is 5.01. The summed E-state index contributed by atoms with van der Waals surface area (Å²) in [6, 6.07) is 5.93. The van der Waals surface area contributed by atoms with Gasteiger partial charge in [-0.15, -0.1) is 0 Å². The molecule has 0 unspecified atom stereocenters. The number of hydrogen-bond acceptors (Lipinski definition) is 7. The maximum absolute atomic E-state index is 12.6. The van der Waals surface area contributed by atoms with E-state index in [4.69, 9.17) is 4.98 Å². The Kier molecular flexibility index (Phi) is 7.29. The van der Waals surface area contributed by atoms with E-state index in [1.807, 2.05) is 24.0 Å². The number of H-pyrrole nitrogens is 1. The van der Waals surface area contributed by atoms with E-state index < -0.39 is 0 Å². The number of aromatic nitrogens is 4. The topological polar surface area (TPSA) is 128 Å². The Morgan fingerprint density at radius 1 is 1.17 bits per heavy atom. The Labute approximate surface area is 210 Å². The molecule has 2 fully saturated rings. The van der Waals surface area contributed by atoms with Crippen molar-refractivity contribution in [3.63, 3.8) is 0 Å². The third-order valence-corrected chi connectivity index (χ3v) is 7.03. The molecule has 10 heteroatoms. The van der Waals surface area contributed by atoms with Gasteiger partial charge < -0.3 is 25.8 Å². The predicted molar refractivity (Wildman–Crippen MR) is 139 cm³/mol. The van der Waals surface area contributed by atoms with E-state index in [9.17, 15) is 9.59 Å². The van der Waals surface area contributed by atoms with Crippen LogP contribution in [0.25, 0.3) is 11.2 Å². The van der Waals surface area contributed by atoms with Crippen molar-refractivity contribution < 1.29 is 9.59 Å². The minimum atomic E-state index is -0.120. The molecule has 1 aliphatic heterocycles. The van der Waals surface area contributed by atoms with E-state index >= 15 is 0 Å². The summed E-state index contributed by atoms with van der Waals surface area (Å²) in [4.78, 5) is 43.0. The van der Waals surface area contributed by atoms with Gasteiger partial charge in [0.2, 0.25) is 11.9 Å². The lowest BCUT2D eigenvalue weighted by Gasteiger charge is -2.23. The quantitative estimate of drug-likeness (QED) is 0.335. The van der Waals surface area contributed by atoms with Crippen molar-refractivity contribution in [3.8, 4) is 0 Å². The molecule has 0 bridgehead atoms. The van der Waals surface area contributed by atoms with Crippen molar-refractivity contribution in [2.45, 2.75) is 64.3 Å². The molecule has 2 aromatic heterocycles. The molecule has 0 spiro atoms. The zero-order valence-corrected chi connectivity index (χ0v) is 20.8. The summed E-state index contributed by atoms with van der Waals surface area (Å²) in [5.74, 6) is 1.32. The van der Waals surface area contributed by atoms with Gasteiger partial charge >= 0.3 is 0 Å². The first-order valence-corrected chi connectivity index (χ1v) is 13.0. The predicted octanol–water partition coefficient (Wildman–Crippen LogP) is 3.89. The number of benzene rings is 1. The normalized spacial score (nSPS) is 16.5. The largest absolute Gasteiger partial charge is 0.365 e. The van der Waals surface area contributed by atoms with Crippen molar-refractivity contribution >= 4 is 40.4 Å². The van der Waals surface area contributed by atoms with Crippen LogP contribution in [0.15, 0.2) is 24.5 Å². The molecule has 4 N–H and O–H groups in total. The van der Waals surface area contributed by atoms with Crippen LogP contribution in [0.4, 0.5) is 17.5 Å². The fraction of sp³-hybridized carbons (Fsp3) is 0.500. The average molecular weight is 491 g/mol. The van der Waals surface area contributed by atoms with Crippen LogP contribution in [0.5, 0.6) is 0 Å². The molecule has 3 aromatic rings. The number of likely N-dealkylation sites (tertiary alicyclic amines) is 1. The summed E-state index contributed by atoms with van der Waals surface area (Å²) in [5, 5.41) is 9.84. The number of rotatable bonds is 9. The molecule has 0 atom stereocenters. The van der Waals surface area contributed by atoms with Crippen molar-refractivity contribution in [1.82, 2.24) is 30.2 Å². The Morgan fingerprint density at radius 2 is 2.03 bits per heavy atom. The molecule has 5 rings (SSSR count). The molecule has 190 valence electrons. The number of aryl methyl sites for hydroxylation is 1. The van der Waals surface area contributed by atoms with Gasteiger partial charge in [0, 0.05) is 43.3 Å². The van der Waals surface area contributed by atoms with Crippen LogP contribution in [0.2, 0.25) is 0 Å². The summed E-state index contributed by atoms with van der Waals surface area (Å²) in [6.45, 7) is 4.01. The van der Waals surface area contributed by atoms with Gasteiger partial charge in [0.25, 0.3) is 5.91 Å². The van der Waals surface area contributed by atoms with Crippen molar-refractivity contribution in [2.75, 3.05) is 30.3 Å². The second-order valence-corrected chi connectivity index (χ2v) is 9.72. The number of imidazole rings is 1. The number of aromatic amines is 1. The Morgan fingerprint density at radius 3 is 2.81 bits per heavy atom. The van der Waals surface area contributed by atoms with Gasteiger partial charge in [-0.1, -0.05) is 19.3 Å². The molecule has 2 amide bonds. The number of fused-ring (bicyclic) bond motifs is 1. The Hall–Kier alpha value is -3.69. The molecular weight excluding hydrogens is 456 g/mol. The maximum atomic E-state index is 12.6. The summed E-state index contributed by atoms with van der Waals surface area (Å²) < 4.78 is 0. The van der Waals surface area contributed by atoms with Crippen LogP contribution in [-0.2, 0) is 4.79 Å². The molecule has 1 aliphatic carbocycles. The van der Waals surface area contributed by atoms with Gasteiger partial charge in [-0.2, -0.15) is 9.97 Å². The van der Waals surface area contributed by atoms with Crippen molar-refractivity contribution in [2.24, 2.45) is 0 Å². The zero-order chi connectivity index (χ0) is 24.9. The third-order valence-electron chi connectivity index (χ3n) is 7.03. The summed E-state index contributed by atoms with van der Waals surface area (Å²) in [5.41, 5.74) is 3.76. The number of nitrogens with one attached hydrogen (secondary N) is 4. The first kappa shape index (κ1) is 24.0. The van der Waals surface area contributed by atoms with Gasteiger partial charge in [0.1, 0.15) is 5.52 Å². The van der Waals surface area contributed by atoms with Gasteiger partial charge in [0.15, 0.2) is 11.5 Å². The van der Waals surface area contributed by atoms with Crippen molar-refractivity contribution in [1.29, 1.82) is 0 Å². The third kappa shape index (κ3) is 5.58. The highest BCUT2D eigenvalue weighted by Gasteiger charge is 2.20. The van der Waals surface area contributed by atoms with Crippen LogP contribution in [0.3, 0.4) is 0 Å². The van der Waals surface area contributed by atoms with Crippen LogP contribution in [-0.4, -0.2) is 62.3 Å². The van der Waals surface area contributed by atoms with Gasteiger partial charge in [-0.25, -0.2) is 4.98 Å². The second kappa shape index (κ2) is 10.9. The highest BCUT2D eigenvalue weighted by atomic mass is 16.2. The standard InChI is InChI=1S/C26H34N8O2/c1-17-15-18(25(36)27-12-6-14-34-13-5-9-21(34)35)10-11-20(17)31-26-32-23-22(28-16-29-23)24(33-26)30-19-7-3-2-4-8-19/h10-11,15-16,19H,2-9,12-14H2,1H3,(H,27,36)(H3,28,29,30,31,32,33). The average Bonchev–Trinajstić information content (AvgIpc) is 3.52. The summed E-state index contributed by atoms with van der Waals surface area (Å²) in [7, 11) is 0. The van der Waals surface area contributed by atoms with E-state index in [0.717, 1.165) is 54.8 Å². The Balaban J connectivity index is 1.21. The van der Waals surface area contributed by atoms with E-state index in [1.54, 1.807) is 12.4 Å². The van der Waals surface area contributed by atoms with Crippen LogP contribution >= 0.6 is 0 Å². The fourth-order valence-corrected chi connectivity index (χ4v) is 5.01. The SMILES string of the molecule is Cc1cc(C(=O)NCCCN2CCCC2=O)ccc1Nc1nc(NC2CCCCC2)c2[nH]cnc2n1. The maximum Gasteiger partial charge on any atom is 0.251 e. The number of carbonyl (C=O) groups excluding carboxylic acids is 2. The van der Waals surface area contributed by atoms with Gasteiger partial charge in [0.05, 0.1) is 6.33 Å². The van der Waals surface area contributed by atoms with E-state index in [2.05, 4.69) is 30.9 Å². The molecule has 1 saturated carbocycles. The number of amides is 2. The van der Waals surface area contributed by atoms with Crippen LogP contribution in [0.1, 0.15) is 67.3 Å². The highest BCUT2D eigenvalue weighted by molar-refractivity contribution is 5.95. The number of nitrogens with zero attached hydrogens (tertiary/aromatic N) is 4. The molecule has 1 saturated heterocycles. The minimum Gasteiger partial charge on any atom is -0.365 e. The second-order valence-electron chi connectivity index (χ2n) is 9.72. The van der Waals surface area contributed by atoms with Crippen LogP contribution < -0.4 is 16.0 Å². The lowest BCUT2D eigenvalue weighted by molar-refractivity contribution is -0.127. The van der Waals surface area contributed by atoms with Gasteiger partial charge in [-0.3, -0.25) is 9.59 Å².